The number of hydrogen-bond acceptors (Lipinski definition) is 8. The predicted molar refractivity (Wildman–Crippen MR) is 117 cm³/mol. The van der Waals surface area contributed by atoms with Crippen LogP contribution in [0.3, 0.4) is 0 Å². The average Bonchev–Trinajstić information content (AvgIpc) is 3.43. The van der Waals surface area contributed by atoms with Crippen molar-refractivity contribution in [1.82, 2.24) is 5.16 Å². The van der Waals surface area contributed by atoms with Gasteiger partial charge < -0.3 is 23.3 Å². The number of aromatic nitrogens is 1. The van der Waals surface area contributed by atoms with E-state index in [-0.39, 0.29) is 12.4 Å². The SMILES string of the molecule is CS(=O)(=O)Oc1ccc(-c2cc(COc3ccc(CC4(C(=O)O)CCCO4)cc3)on2)cc1. The maximum atomic E-state index is 11.6. The first-order valence-corrected chi connectivity index (χ1v) is 12.1. The summed E-state index contributed by atoms with van der Waals surface area (Å²) in [4.78, 5) is 11.6. The van der Waals surface area contributed by atoms with Crippen LogP contribution in [0.15, 0.2) is 59.1 Å². The molecular formula is C23H23NO8S. The van der Waals surface area contributed by atoms with Gasteiger partial charge in [-0.15, -0.1) is 0 Å². The lowest BCUT2D eigenvalue weighted by Gasteiger charge is -2.23. The van der Waals surface area contributed by atoms with Crippen LogP contribution in [0.4, 0.5) is 0 Å². The van der Waals surface area contributed by atoms with E-state index in [4.69, 9.17) is 18.2 Å². The van der Waals surface area contributed by atoms with Crippen molar-refractivity contribution in [2.24, 2.45) is 0 Å². The van der Waals surface area contributed by atoms with Gasteiger partial charge in [0.05, 0.1) is 6.26 Å². The molecule has 2 heterocycles. The van der Waals surface area contributed by atoms with Crippen molar-refractivity contribution >= 4 is 16.1 Å². The van der Waals surface area contributed by atoms with Crippen LogP contribution in [-0.4, -0.2) is 43.1 Å². The quantitative estimate of drug-likeness (QED) is 0.465. The van der Waals surface area contributed by atoms with Gasteiger partial charge in [0.2, 0.25) is 0 Å². The Labute approximate surface area is 191 Å². The van der Waals surface area contributed by atoms with Crippen molar-refractivity contribution < 1.29 is 36.5 Å². The molecule has 3 aromatic rings. The molecule has 1 saturated heterocycles. The highest BCUT2D eigenvalue weighted by Gasteiger charge is 2.42. The van der Waals surface area contributed by atoms with E-state index in [0.29, 0.717) is 36.7 Å². The number of rotatable bonds is 9. The molecule has 0 bridgehead atoms. The van der Waals surface area contributed by atoms with Crippen molar-refractivity contribution in [2.75, 3.05) is 12.9 Å². The summed E-state index contributed by atoms with van der Waals surface area (Å²) in [7, 11) is -3.58. The van der Waals surface area contributed by atoms with Crippen LogP contribution >= 0.6 is 0 Å². The third kappa shape index (κ3) is 5.71. The van der Waals surface area contributed by atoms with Gasteiger partial charge in [-0.1, -0.05) is 17.3 Å². The maximum absolute atomic E-state index is 11.6. The molecular weight excluding hydrogens is 450 g/mol. The van der Waals surface area contributed by atoms with Crippen LogP contribution in [0.1, 0.15) is 24.2 Å². The van der Waals surface area contributed by atoms with Crippen LogP contribution in [0, 0.1) is 0 Å². The summed E-state index contributed by atoms with van der Waals surface area (Å²) in [5.41, 5.74) is 1.02. The predicted octanol–water partition coefficient (Wildman–Crippen LogP) is 3.44. The number of aliphatic carboxylic acids is 1. The van der Waals surface area contributed by atoms with Gasteiger partial charge in [-0.25, -0.2) is 4.79 Å². The maximum Gasteiger partial charge on any atom is 0.336 e. The van der Waals surface area contributed by atoms with Gasteiger partial charge in [-0.3, -0.25) is 0 Å². The third-order valence-corrected chi connectivity index (χ3v) is 5.74. The van der Waals surface area contributed by atoms with Crippen molar-refractivity contribution in [3.8, 4) is 22.8 Å². The zero-order valence-electron chi connectivity index (χ0n) is 17.9. The highest BCUT2D eigenvalue weighted by molar-refractivity contribution is 7.86. The fraction of sp³-hybridized carbons (Fsp3) is 0.304. The van der Waals surface area contributed by atoms with Crippen LogP contribution in [-0.2, 0) is 32.7 Å². The minimum atomic E-state index is -3.58. The lowest BCUT2D eigenvalue weighted by Crippen LogP contribution is -2.40. The smallest absolute Gasteiger partial charge is 0.336 e. The first-order valence-electron chi connectivity index (χ1n) is 10.3. The van der Waals surface area contributed by atoms with Crippen molar-refractivity contribution in [3.05, 3.63) is 65.9 Å². The molecule has 0 radical (unpaired) electrons. The van der Waals surface area contributed by atoms with E-state index >= 15 is 0 Å². The highest BCUT2D eigenvalue weighted by Crippen LogP contribution is 2.31. The van der Waals surface area contributed by atoms with Gasteiger partial charge in [0, 0.05) is 24.7 Å². The standard InChI is InChI=1S/C23H23NO8S/c1-33(27,28)32-19-9-5-17(6-10-19)21-13-20(31-24-21)15-29-18-7-3-16(4-8-18)14-23(22(25)26)11-2-12-30-23/h3-10,13H,2,11-12,14-15H2,1H3,(H,25,26). The number of carboxylic acids is 1. The van der Waals surface area contributed by atoms with E-state index in [0.717, 1.165) is 23.8 Å². The molecule has 0 aliphatic carbocycles. The van der Waals surface area contributed by atoms with Gasteiger partial charge >= 0.3 is 16.1 Å². The topological polar surface area (TPSA) is 125 Å². The van der Waals surface area contributed by atoms with E-state index in [1.54, 1.807) is 30.3 Å². The van der Waals surface area contributed by atoms with Crippen molar-refractivity contribution in [1.29, 1.82) is 0 Å². The average molecular weight is 474 g/mol. The largest absolute Gasteiger partial charge is 0.486 e. The Morgan fingerprint density at radius 3 is 2.42 bits per heavy atom. The summed E-state index contributed by atoms with van der Waals surface area (Å²) >= 11 is 0. The minimum Gasteiger partial charge on any atom is -0.486 e. The molecule has 1 fully saturated rings. The number of nitrogens with zero attached hydrogens (tertiary/aromatic N) is 1. The number of hydrogen-bond donors (Lipinski definition) is 1. The van der Waals surface area contributed by atoms with Gasteiger partial charge in [0.25, 0.3) is 0 Å². The van der Waals surface area contributed by atoms with Crippen molar-refractivity contribution in [3.63, 3.8) is 0 Å². The second-order valence-electron chi connectivity index (χ2n) is 7.85. The van der Waals surface area contributed by atoms with E-state index in [1.807, 2.05) is 12.1 Å². The van der Waals surface area contributed by atoms with Gasteiger partial charge in [-0.05, 0) is 54.8 Å². The second kappa shape index (κ2) is 9.24. The van der Waals surface area contributed by atoms with Crippen LogP contribution in [0.25, 0.3) is 11.3 Å². The Morgan fingerprint density at radius 1 is 1.12 bits per heavy atom. The monoisotopic (exact) mass is 473 g/mol. The van der Waals surface area contributed by atoms with Crippen molar-refractivity contribution in [2.45, 2.75) is 31.5 Å². The molecule has 174 valence electrons. The molecule has 1 N–H and O–H groups in total. The Bertz CT molecular complexity index is 1210. The lowest BCUT2D eigenvalue weighted by atomic mass is 9.92. The number of benzene rings is 2. The minimum absolute atomic E-state index is 0.157. The molecule has 2 aromatic carbocycles. The zero-order valence-corrected chi connectivity index (χ0v) is 18.7. The van der Waals surface area contributed by atoms with E-state index in [2.05, 4.69) is 5.16 Å². The molecule has 0 amide bonds. The molecule has 10 heteroatoms. The molecule has 0 spiro atoms. The number of carbonyl (C=O) groups is 1. The Morgan fingerprint density at radius 2 is 1.82 bits per heavy atom. The fourth-order valence-corrected chi connectivity index (χ4v) is 4.10. The molecule has 1 aliphatic rings. The van der Waals surface area contributed by atoms with Crippen LogP contribution < -0.4 is 8.92 Å². The molecule has 1 aromatic heterocycles. The first-order chi connectivity index (χ1) is 15.7. The molecule has 0 saturated carbocycles. The molecule has 1 aliphatic heterocycles. The highest BCUT2D eigenvalue weighted by atomic mass is 32.2. The lowest BCUT2D eigenvalue weighted by molar-refractivity contribution is -0.159. The Hall–Kier alpha value is -3.37. The summed E-state index contributed by atoms with van der Waals surface area (Å²) in [5, 5.41) is 13.6. The summed E-state index contributed by atoms with van der Waals surface area (Å²) in [6, 6.07) is 15.4. The first kappa shape index (κ1) is 22.8. The number of carboxylic acid groups (broad SMARTS) is 1. The molecule has 33 heavy (non-hydrogen) atoms. The Balaban J connectivity index is 1.34. The summed E-state index contributed by atoms with van der Waals surface area (Å²) in [5.74, 6) is 0.398. The van der Waals surface area contributed by atoms with E-state index < -0.39 is 21.7 Å². The number of ether oxygens (including phenoxy) is 2. The normalized spacial score (nSPS) is 18.2. The summed E-state index contributed by atoms with van der Waals surface area (Å²) in [6.45, 7) is 0.620. The molecule has 4 rings (SSSR count). The Kier molecular flexibility index (Phi) is 6.39. The fourth-order valence-electron chi connectivity index (χ4n) is 3.64. The summed E-state index contributed by atoms with van der Waals surface area (Å²) in [6.07, 6.45) is 2.53. The summed E-state index contributed by atoms with van der Waals surface area (Å²) < 4.78 is 43.8. The van der Waals surface area contributed by atoms with Gasteiger partial charge in [0.15, 0.2) is 11.4 Å². The van der Waals surface area contributed by atoms with E-state index in [9.17, 15) is 18.3 Å². The zero-order chi connectivity index (χ0) is 23.5. The second-order valence-corrected chi connectivity index (χ2v) is 9.43. The molecule has 1 atom stereocenters. The molecule has 9 nitrogen and oxygen atoms in total. The van der Waals surface area contributed by atoms with Gasteiger partial charge in [0.1, 0.15) is 23.8 Å². The van der Waals surface area contributed by atoms with E-state index in [1.165, 1.54) is 12.1 Å². The molecule has 1 unspecified atom stereocenters. The van der Waals surface area contributed by atoms with Gasteiger partial charge in [-0.2, -0.15) is 8.42 Å². The third-order valence-electron chi connectivity index (χ3n) is 5.24. The van der Waals surface area contributed by atoms with Crippen LogP contribution in [0.5, 0.6) is 11.5 Å². The van der Waals surface area contributed by atoms with Crippen LogP contribution in [0.2, 0.25) is 0 Å².